The molecule has 19 heavy (non-hydrogen) atoms. The van der Waals surface area contributed by atoms with Crippen LogP contribution in [0.3, 0.4) is 0 Å². The summed E-state index contributed by atoms with van der Waals surface area (Å²) in [5.74, 6) is 1.85. The van der Waals surface area contributed by atoms with E-state index in [0.717, 1.165) is 22.9 Å². The summed E-state index contributed by atoms with van der Waals surface area (Å²) in [7, 11) is 0. The summed E-state index contributed by atoms with van der Waals surface area (Å²) in [6.45, 7) is 2.29. The van der Waals surface area contributed by atoms with Crippen LogP contribution in [0.25, 0.3) is 11.2 Å². The van der Waals surface area contributed by atoms with E-state index in [4.69, 9.17) is 0 Å². The zero-order valence-corrected chi connectivity index (χ0v) is 11.3. The fourth-order valence-corrected chi connectivity index (χ4v) is 2.86. The number of aromatic nitrogens is 3. The molecule has 0 unspecified atom stereocenters. The number of hydrogen-bond acceptors (Lipinski definition) is 4. The molecule has 0 saturated heterocycles. The molecule has 0 bridgehead atoms. The monoisotopic (exact) mass is 256 g/mol. The van der Waals surface area contributed by atoms with Gasteiger partial charge in [0.25, 0.3) is 0 Å². The van der Waals surface area contributed by atoms with Crippen molar-refractivity contribution in [1.82, 2.24) is 15.0 Å². The van der Waals surface area contributed by atoms with Gasteiger partial charge in [0.1, 0.15) is 11.3 Å². The average Bonchev–Trinajstić information content (AvgIpc) is 2.48. The van der Waals surface area contributed by atoms with Crippen LogP contribution in [-0.2, 0) is 0 Å². The standard InChI is InChI=1S/C15H20N4/c1-2-11-3-5-12(6-4-11)18-14-8-7-13-15(19-14)17-10-9-16-13/h7-12H,2-6H2,1H3,(H,17,18,19). The molecule has 2 aromatic rings. The average molecular weight is 256 g/mol. The second-order valence-corrected chi connectivity index (χ2v) is 5.37. The number of nitrogens with one attached hydrogen (secondary N) is 1. The second kappa shape index (κ2) is 5.51. The molecule has 0 radical (unpaired) electrons. The zero-order valence-electron chi connectivity index (χ0n) is 11.3. The summed E-state index contributed by atoms with van der Waals surface area (Å²) in [4.78, 5) is 13.0. The van der Waals surface area contributed by atoms with Crippen molar-refractivity contribution in [2.24, 2.45) is 5.92 Å². The highest BCUT2D eigenvalue weighted by Crippen LogP contribution is 2.28. The van der Waals surface area contributed by atoms with Gasteiger partial charge in [0, 0.05) is 18.4 Å². The van der Waals surface area contributed by atoms with Crippen LogP contribution in [0.1, 0.15) is 39.0 Å². The Morgan fingerprint density at radius 3 is 2.68 bits per heavy atom. The molecule has 1 aliphatic carbocycles. The van der Waals surface area contributed by atoms with Crippen molar-refractivity contribution in [1.29, 1.82) is 0 Å². The molecule has 100 valence electrons. The molecule has 2 aromatic heterocycles. The normalized spacial score (nSPS) is 23.4. The van der Waals surface area contributed by atoms with Crippen molar-refractivity contribution >= 4 is 17.0 Å². The number of hydrogen-bond donors (Lipinski definition) is 1. The Labute approximate surface area is 113 Å². The molecule has 0 aromatic carbocycles. The van der Waals surface area contributed by atoms with Crippen LogP contribution in [0.15, 0.2) is 24.5 Å². The molecule has 4 heteroatoms. The minimum atomic E-state index is 0.560. The van der Waals surface area contributed by atoms with E-state index in [1.54, 1.807) is 12.4 Å². The highest BCUT2D eigenvalue weighted by Gasteiger charge is 2.19. The van der Waals surface area contributed by atoms with Crippen LogP contribution in [0, 0.1) is 5.92 Å². The minimum absolute atomic E-state index is 0.560. The number of pyridine rings is 1. The smallest absolute Gasteiger partial charge is 0.180 e. The topological polar surface area (TPSA) is 50.7 Å². The quantitative estimate of drug-likeness (QED) is 0.914. The van der Waals surface area contributed by atoms with Gasteiger partial charge in [0.15, 0.2) is 5.65 Å². The van der Waals surface area contributed by atoms with E-state index in [9.17, 15) is 0 Å². The van der Waals surface area contributed by atoms with Gasteiger partial charge in [-0.05, 0) is 43.7 Å². The van der Waals surface area contributed by atoms with E-state index >= 15 is 0 Å². The number of rotatable bonds is 3. The molecule has 0 atom stereocenters. The van der Waals surface area contributed by atoms with Gasteiger partial charge in [0.05, 0.1) is 0 Å². The number of anilines is 1. The molecule has 0 aliphatic heterocycles. The SMILES string of the molecule is CCC1CCC(Nc2ccc3nccnc3n2)CC1. The molecule has 1 saturated carbocycles. The predicted octanol–water partition coefficient (Wildman–Crippen LogP) is 3.41. The maximum Gasteiger partial charge on any atom is 0.180 e. The van der Waals surface area contributed by atoms with Crippen LogP contribution in [0.4, 0.5) is 5.82 Å². The van der Waals surface area contributed by atoms with Crippen LogP contribution in [0.2, 0.25) is 0 Å². The van der Waals surface area contributed by atoms with Crippen molar-refractivity contribution in [3.63, 3.8) is 0 Å². The van der Waals surface area contributed by atoms with Gasteiger partial charge in [-0.3, -0.25) is 4.98 Å². The Morgan fingerprint density at radius 2 is 1.89 bits per heavy atom. The minimum Gasteiger partial charge on any atom is -0.367 e. The van der Waals surface area contributed by atoms with E-state index in [2.05, 4.69) is 27.2 Å². The molecule has 0 amide bonds. The van der Waals surface area contributed by atoms with E-state index in [1.807, 2.05) is 12.1 Å². The third kappa shape index (κ3) is 2.83. The van der Waals surface area contributed by atoms with Crippen molar-refractivity contribution in [2.45, 2.75) is 45.1 Å². The van der Waals surface area contributed by atoms with E-state index in [1.165, 1.54) is 32.1 Å². The van der Waals surface area contributed by atoms with Gasteiger partial charge in [-0.25, -0.2) is 9.97 Å². The zero-order chi connectivity index (χ0) is 13.1. The summed E-state index contributed by atoms with van der Waals surface area (Å²) < 4.78 is 0. The number of fused-ring (bicyclic) bond motifs is 1. The molecular formula is C15H20N4. The first-order valence-corrected chi connectivity index (χ1v) is 7.19. The molecular weight excluding hydrogens is 236 g/mol. The first-order chi connectivity index (χ1) is 9.35. The lowest BCUT2D eigenvalue weighted by atomic mass is 9.84. The Hall–Kier alpha value is -1.71. The van der Waals surface area contributed by atoms with E-state index in [-0.39, 0.29) is 0 Å². The lowest BCUT2D eigenvalue weighted by Gasteiger charge is -2.28. The first-order valence-electron chi connectivity index (χ1n) is 7.19. The van der Waals surface area contributed by atoms with Gasteiger partial charge >= 0.3 is 0 Å². The Bertz CT molecular complexity index is 547. The lowest BCUT2D eigenvalue weighted by molar-refractivity contribution is 0.330. The summed E-state index contributed by atoms with van der Waals surface area (Å²) in [5, 5.41) is 3.54. The van der Waals surface area contributed by atoms with Crippen LogP contribution in [0.5, 0.6) is 0 Å². The van der Waals surface area contributed by atoms with Gasteiger partial charge in [-0.2, -0.15) is 0 Å². The van der Waals surface area contributed by atoms with Gasteiger partial charge in [0.2, 0.25) is 0 Å². The third-order valence-corrected chi connectivity index (χ3v) is 4.11. The Kier molecular flexibility index (Phi) is 3.58. The van der Waals surface area contributed by atoms with Crippen LogP contribution >= 0.6 is 0 Å². The maximum absolute atomic E-state index is 4.52. The summed E-state index contributed by atoms with van der Waals surface area (Å²) in [6, 6.07) is 4.54. The van der Waals surface area contributed by atoms with E-state index < -0.39 is 0 Å². The van der Waals surface area contributed by atoms with Crippen LogP contribution in [-0.4, -0.2) is 21.0 Å². The van der Waals surface area contributed by atoms with Gasteiger partial charge in [-0.15, -0.1) is 0 Å². The molecule has 1 aliphatic rings. The molecule has 1 fully saturated rings. The first kappa shape index (κ1) is 12.3. The maximum atomic E-state index is 4.52. The molecule has 2 heterocycles. The third-order valence-electron chi connectivity index (χ3n) is 4.11. The summed E-state index contributed by atoms with van der Waals surface area (Å²) in [5.41, 5.74) is 1.57. The fourth-order valence-electron chi connectivity index (χ4n) is 2.86. The number of nitrogens with zero attached hydrogens (tertiary/aromatic N) is 3. The Balaban J connectivity index is 1.68. The van der Waals surface area contributed by atoms with E-state index in [0.29, 0.717) is 6.04 Å². The fraction of sp³-hybridized carbons (Fsp3) is 0.533. The lowest BCUT2D eigenvalue weighted by Crippen LogP contribution is -2.26. The largest absolute Gasteiger partial charge is 0.367 e. The molecule has 1 N–H and O–H groups in total. The molecule has 4 nitrogen and oxygen atoms in total. The summed E-state index contributed by atoms with van der Waals surface area (Å²) >= 11 is 0. The van der Waals surface area contributed by atoms with Crippen molar-refractivity contribution < 1.29 is 0 Å². The Morgan fingerprint density at radius 1 is 1.11 bits per heavy atom. The van der Waals surface area contributed by atoms with Gasteiger partial charge < -0.3 is 5.32 Å². The highest BCUT2D eigenvalue weighted by molar-refractivity contribution is 5.71. The highest BCUT2D eigenvalue weighted by atomic mass is 15.0. The van der Waals surface area contributed by atoms with Crippen molar-refractivity contribution in [3.8, 4) is 0 Å². The summed E-state index contributed by atoms with van der Waals surface area (Å²) in [6.07, 6.45) is 9.87. The molecule has 3 rings (SSSR count). The van der Waals surface area contributed by atoms with Crippen LogP contribution < -0.4 is 5.32 Å². The van der Waals surface area contributed by atoms with Crippen molar-refractivity contribution in [3.05, 3.63) is 24.5 Å². The second-order valence-electron chi connectivity index (χ2n) is 5.37. The van der Waals surface area contributed by atoms with Gasteiger partial charge in [-0.1, -0.05) is 13.3 Å². The predicted molar refractivity (Wildman–Crippen MR) is 77.0 cm³/mol. The van der Waals surface area contributed by atoms with Crippen molar-refractivity contribution in [2.75, 3.05) is 5.32 Å². The molecule has 0 spiro atoms.